The smallest absolute Gasteiger partial charge is 0.322 e. The zero-order chi connectivity index (χ0) is 10.6. The molecule has 0 fully saturated rings. The first kappa shape index (κ1) is 11.4. The van der Waals surface area contributed by atoms with Gasteiger partial charge in [0.25, 0.3) is 0 Å². The minimum Gasteiger partial charge on any atom is -0.322 e. The van der Waals surface area contributed by atoms with Crippen molar-refractivity contribution in [2.45, 2.75) is 12.7 Å². The van der Waals surface area contributed by atoms with E-state index in [1.165, 1.54) is 0 Å². The van der Waals surface area contributed by atoms with Crippen molar-refractivity contribution in [2.75, 3.05) is 6.61 Å². The highest BCUT2D eigenvalue weighted by Crippen LogP contribution is 2.15. The molecule has 0 aliphatic rings. The maximum Gasteiger partial charge on any atom is 0.345 e. The topological polar surface area (TPSA) is 35.2 Å². The molecule has 0 aliphatic carbocycles. The Kier molecular flexibility index (Phi) is 4.25. The summed E-state index contributed by atoms with van der Waals surface area (Å²) >= 11 is 5.65. The average molecular weight is 222 g/mol. The normalized spacial score (nSPS) is 13.2. The first-order valence-electron chi connectivity index (χ1n) is 4.00. The van der Waals surface area contributed by atoms with Crippen LogP contribution in [0.4, 0.5) is 8.78 Å². The SMILES string of the molecule is NC(COC(F)F)c1ccc(Cl)cc1. The molecule has 0 aliphatic heterocycles. The molecule has 0 aromatic heterocycles. The van der Waals surface area contributed by atoms with E-state index in [1.807, 2.05) is 0 Å². The second-order valence-electron chi connectivity index (χ2n) is 2.75. The van der Waals surface area contributed by atoms with Gasteiger partial charge in [0.15, 0.2) is 0 Å². The maximum atomic E-state index is 11.7. The fourth-order valence-electron chi connectivity index (χ4n) is 0.983. The average Bonchev–Trinajstić information content (AvgIpc) is 2.15. The lowest BCUT2D eigenvalue weighted by molar-refractivity contribution is -0.132. The summed E-state index contributed by atoms with van der Waals surface area (Å²) in [6.07, 6.45) is 0. The molecule has 0 spiro atoms. The molecule has 1 unspecified atom stereocenters. The van der Waals surface area contributed by atoms with Crippen molar-refractivity contribution in [2.24, 2.45) is 5.73 Å². The number of hydrogen-bond acceptors (Lipinski definition) is 2. The molecule has 1 aromatic rings. The lowest BCUT2D eigenvalue weighted by Crippen LogP contribution is -2.18. The van der Waals surface area contributed by atoms with Crippen molar-refractivity contribution in [1.82, 2.24) is 0 Å². The Bertz CT molecular complexity index is 279. The van der Waals surface area contributed by atoms with Gasteiger partial charge in [-0.3, -0.25) is 0 Å². The van der Waals surface area contributed by atoms with Gasteiger partial charge in [0.2, 0.25) is 0 Å². The summed E-state index contributed by atoms with van der Waals surface area (Å²) in [5.41, 5.74) is 6.31. The monoisotopic (exact) mass is 221 g/mol. The molecule has 78 valence electrons. The largest absolute Gasteiger partial charge is 0.345 e. The standard InChI is InChI=1S/C9H10ClF2NO/c10-7-3-1-6(2-4-7)8(13)5-14-9(11)12/h1-4,8-9H,5,13H2. The summed E-state index contributed by atoms with van der Waals surface area (Å²) in [6.45, 7) is -2.99. The van der Waals surface area contributed by atoms with Gasteiger partial charge in [0.05, 0.1) is 12.6 Å². The van der Waals surface area contributed by atoms with Gasteiger partial charge >= 0.3 is 6.61 Å². The van der Waals surface area contributed by atoms with E-state index in [0.717, 1.165) is 5.56 Å². The molecule has 0 saturated carbocycles. The predicted octanol–water partition coefficient (Wildman–Crippen LogP) is 2.58. The molecule has 2 N–H and O–H groups in total. The van der Waals surface area contributed by atoms with E-state index in [1.54, 1.807) is 24.3 Å². The van der Waals surface area contributed by atoms with Crippen molar-refractivity contribution < 1.29 is 13.5 Å². The molecule has 1 atom stereocenters. The zero-order valence-corrected chi connectivity index (χ0v) is 8.05. The number of ether oxygens (including phenoxy) is 1. The van der Waals surface area contributed by atoms with Crippen molar-refractivity contribution >= 4 is 11.6 Å². The zero-order valence-electron chi connectivity index (χ0n) is 7.29. The molecule has 0 saturated heterocycles. The fraction of sp³-hybridized carbons (Fsp3) is 0.333. The minimum atomic E-state index is -2.78. The number of nitrogens with two attached hydrogens (primary N) is 1. The Hall–Kier alpha value is -0.710. The van der Waals surface area contributed by atoms with E-state index in [-0.39, 0.29) is 6.61 Å². The van der Waals surface area contributed by atoms with Crippen LogP contribution in [0.3, 0.4) is 0 Å². The van der Waals surface area contributed by atoms with Crippen molar-refractivity contribution in [3.05, 3.63) is 34.9 Å². The van der Waals surface area contributed by atoms with E-state index in [2.05, 4.69) is 4.74 Å². The van der Waals surface area contributed by atoms with Gasteiger partial charge in [-0.1, -0.05) is 23.7 Å². The third-order valence-electron chi connectivity index (χ3n) is 1.70. The summed E-state index contributed by atoms with van der Waals surface area (Å²) in [5, 5.41) is 0.579. The third-order valence-corrected chi connectivity index (χ3v) is 1.95. The highest BCUT2D eigenvalue weighted by Gasteiger charge is 2.09. The van der Waals surface area contributed by atoms with Crippen LogP contribution in [0.5, 0.6) is 0 Å². The van der Waals surface area contributed by atoms with Gasteiger partial charge < -0.3 is 10.5 Å². The Labute approximate surface area is 85.6 Å². The Morgan fingerprint density at radius 3 is 2.36 bits per heavy atom. The summed E-state index contributed by atoms with van der Waals surface area (Å²) < 4.78 is 27.4. The summed E-state index contributed by atoms with van der Waals surface area (Å²) in [6, 6.07) is 6.11. The number of rotatable bonds is 4. The van der Waals surface area contributed by atoms with Gasteiger partial charge in [0.1, 0.15) is 0 Å². The Balaban J connectivity index is 2.52. The summed E-state index contributed by atoms with van der Waals surface area (Å²) in [4.78, 5) is 0. The van der Waals surface area contributed by atoms with Crippen LogP contribution in [0.2, 0.25) is 5.02 Å². The van der Waals surface area contributed by atoms with Gasteiger partial charge in [-0.15, -0.1) is 0 Å². The lowest BCUT2D eigenvalue weighted by atomic mass is 10.1. The highest BCUT2D eigenvalue weighted by molar-refractivity contribution is 6.30. The van der Waals surface area contributed by atoms with Crippen LogP contribution in [0.15, 0.2) is 24.3 Å². The quantitative estimate of drug-likeness (QED) is 0.848. The molecular weight excluding hydrogens is 212 g/mol. The molecule has 1 rings (SSSR count). The number of alkyl halides is 2. The van der Waals surface area contributed by atoms with E-state index in [9.17, 15) is 8.78 Å². The maximum absolute atomic E-state index is 11.7. The highest BCUT2D eigenvalue weighted by atomic mass is 35.5. The van der Waals surface area contributed by atoms with Crippen LogP contribution in [0.25, 0.3) is 0 Å². The van der Waals surface area contributed by atoms with Crippen LogP contribution in [-0.4, -0.2) is 13.2 Å². The van der Waals surface area contributed by atoms with Gasteiger partial charge in [-0.2, -0.15) is 8.78 Å². The van der Waals surface area contributed by atoms with Crippen molar-refractivity contribution in [3.8, 4) is 0 Å². The fourth-order valence-corrected chi connectivity index (χ4v) is 1.11. The van der Waals surface area contributed by atoms with E-state index in [0.29, 0.717) is 5.02 Å². The van der Waals surface area contributed by atoms with E-state index >= 15 is 0 Å². The van der Waals surface area contributed by atoms with E-state index in [4.69, 9.17) is 17.3 Å². The molecule has 5 heteroatoms. The van der Waals surface area contributed by atoms with Gasteiger partial charge in [-0.25, -0.2) is 0 Å². The third kappa shape index (κ3) is 3.57. The van der Waals surface area contributed by atoms with Crippen LogP contribution in [0.1, 0.15) is 11.6 Å². The van der Waals surface area contributed by atoms with Crippen LogP contribution < -0.4 is 5.73 Å². The molecule has 1 aromatic carbocycles. The van der Waals surface area contributed by atoms with Crippen LogP contribution in [0, 0.1) is 0 Å². The second kappa shape index (κ2) is 5.24. The molecule has 0 heterocycles. The van der Waals surface area contributed by atoms with Gasteiger partial charge in [-0.05, 0) is 17.7 Å². The molecular formula is C9H10ClF2NO. The predicted molar refractivity (Wildman–Crippen MR) is 50.3 cm³/mol. The molecule has 14 heavy (non-hydrogen) atoms. The van der Waals surface area contributed by atoms with Gasteiger partial charge in [0, 0.05) is 5.02 Å². The number of halogens is 3. The van der Waals surface area contributed by atoms with E-state index < -0.39 is 12.7 Å². The summed E-state index contributed by atoms with van der Waals surface area (Å²) in [7, 11) is 0. The Morgan fingerprint density at radius 2 is 1.86 bits per heavy atom. The van der Waals surface area contributed by atoms with Crippen molar-refractivity contribution in [1.29, 1.82) is 0 Å². The Morgan fingerprint density at radius 1 is 1.29 bits per heavy atom. The lowest BCUT2D eigenvalue weighted by Gasteiger charge is -2.11. The molecule has 0 bridgehead atoms. The first-order valence-corrected chi connectivity index (χ1v) is 4.38. The molecule has 0 amide bonds. The van der Waals surface area contributed by atoms with Crippen LogP contribution >= 0.6 is 11.6 Å². The molecule has 2 nitrogen and oxygen atoms in total. The summed E-state index contributed by atoms with van der Waals surface area (Å²) in [5.74, 6) is 0. The number of benzene rings is 1. The van der Waals surface area contributed by atoms with Crippen molar-refractivity contribution in [3.63, 3.8) is 0 Å². The number of hydrogen-bond donors (Lipinski definition) is 1. The van der Waals surface area contributed by atoms with Crippen LogP contribution in [-0.2, 0) is 4.74 Å². The molecule has 0 radical (unpaired) electrons. The minimum absolute atomic E-state index is 0.209. The first-order chi connectivity index (χ1) is 6.59. The second-order valence-corrected chi connectivity index (χ2v) is 3.19.